The van der Waals surface area contributed by atoms with Crippen LogP contribution in [0.5, 0.6) is 5.75 Å². The fourth-order valence-corrected chi connectivity index (χ4v) is 3.34. The van der Waals surface area contributed by atoms with Crippen molar-refractivity contribution in [3.8, 4) is 11.8 Å². The largest absolute Gasteiger partial charge is 0.493 e. The predicted octanol–water partition coefficient (Wildman–Crippen LogP) is 4.85. The Morgan fingerprint density at radius 3 is 2.46 bits per heavy atom. The fraction of sp³-hybridized carbons (Fsp3) is 0.591. The van der Waals surface area contributed by atoms with Crippen LogP contribution in [0.4, 0.5) is 4.79 Å². The molecule has 2 atom stereocenters. The van der Waals surface area contributed by atoms with Gasteiger partial charge in [-0.1, -0.05) is 18.2 Å². The predicted molar refractivity (Wildman–Crippen MR) is 106 cm³/mol. The van der Waals surface area contributed by atoms with Crippen LogP contribution in [0.3, 0.4) is 0 Å². The smallest absolute Gasteiger partial charge is 0.417 e. The molecule has 6 nitrogen and oxygen atoms in total. The monoisotopic (exact) mass is 386 g/mol. The molecule has 0 fully saturated rings. The molecule has 0 aliphatic carbocycles. The summed E-state index contributed by atoms with van der Waals surface area (Å²) in [5.41, 5.74) is -0.419. The number of ether oxygens (including phenoxy) is 2. The Hall–Kier alpha value is -2.55. The molecule has 0 saturated heterocycles. The highest BCUT2D eigenvalue weighted by molar-refractivity contribution is 5.91. The maximum Gasteiger partial charge on any atom is 0.417 e. The van der Waals surface area contributed by atoms with Gasteiger partial charge in [-0.15, -0.1) is 0 Å². The minimum atomic E-state index is -0.715. The topological polar surface area (TPSA) is 79.6 Å². The first-order valence-corrected chi connectivity index (χ1v) is 9.61. The zero-order valence-electron chi connectivity index (χ0n) is 17.6. The van der Waals surface area contributed by atoms with Crippen molar-refractivity contribution in [1.82, 2.24) is 4.90 Å². The molecule has 6 heteroatoms. The Morgan fingerprint density at radius 1 is 1.25 bits per heavy atom. The summed E-state index contributed by atoms with van der Waals surface area (Å²) in [6, 6.07) is 9.26. The van der Waals surface area contributed by atoms with E-state index >= 15 is 0 Å². The molecule has 0 spiro atoms. The molecule has 152 valence electrons. The second-order valence-corrected chi connectivity index (χ2v) is 8.96. The van der Waals surface area contributed by atoms with Crippen molar-refractivity contribution in [3.05, 3.63) is 29.8 Å². The van der Waals surface area contributed by atoms with Gasteiger partial charge in [-0.05, 0) is 53.5 Å². The van der Waals surface area contributed by atoms with E-state index in [0.717, 1.165) is 5.56 Å². The van der Waals surface area contributed by atoms with Crippen LogP contribution < -0.4 is 4.74 Å². The van der Waals surface area contributed by atoms with E-state index in [0.29, 0.717) is 25.2 Å². The van der Waals surface area contributed by atoms with Crippen LogP contribution in [0.15, 0.2) is 24.3 Å². The molecule has 1 aromatic carbocycles. The summed E-state index contributed by atoms with van der Waals surface area (Å²) in [5, 5.41) is 9.34. The number of benzene rings is 1. The molecule has 2 amide bonds. The Balaban J connectivity index is 2.42. The van der Waals surface area contributed by atoms with E-state index in [1.165, 1.54) is 11.8 Å². The van der Waals surface area contributed by atoms with Crippen molar-refractivity contribution in [1.29, 1.82) is 5.26 Å². The number of amides is 2. The molecule has 1 aromatic rings. The van der Waals surface area contributed by atoms with Crippen molar-refractivity contribution < 1.29 is 19.1 Å². The number of hydrogen-bond acceptors (Lipinski definition) is 5. The van der Waals surface area contributed by atoms with Gasteiger partial charge in [-0.25, -0.2) is 9.69 Å². The lowest BCUT2D eigenvalue weighted by molar-refractivity contribution is -0.132. The van der Waals surface area contributed by atoms with Gasteiger partial charge in [0.05, 0.1) is 24.1 Å². The summed E-state index contributed by atoms with van der Waals surface area (Å²) in [7, 11) is 0. The molecular weight excluding hydrogens is 356 g/mol. The minimum Gasteiger partial charge on any atom is -0.493 e. The lowest BCUT2D eigenvalue weighted by Crippen LogP contribution is -2.47. The van der Waals surface area contributed by atoms with Crippen LogP contribution in [0.25, 0.3) is 0 Å². The van der Waals surface area contributed by atoms with E-state index in [2.05, 4.69) is 6.07 Å². The van der Waals surface area contributed by atoms with Crippen molar-refractivity contribution >= 4 is 12.0 Å². The summed E-state index contributed by atoms with van der Waals surface area (Å²) in [6.45, 7) is 10.8. The first kappa shape index (κ1) is 21.7. The van der Waals surface area contributed by atoms with Crippen LogP contribution in [-0.4, -0.2) is 29.1 Å². The van der Waals surface area contributed by atoms with Gasteiger partial charge in [0.1, 0.15) is 11.4 Å². The first-order chi connectivity index (χ1) is 12.9. The van der Waals surface area contributed by atoms with Crippen molar-refractivity contribution in [2.24, 2.45) is 11.3 Å². The molecular formula is C22H30N2O4. The molecule has 0 saturated carbocycles. The first-order valence-electron chi connectivity index (χ1n) is 9.61. The number of hydrogen-bond donors (Lipinski definition) is 0. The number of nitrogens with zero attached hydrogens (tertiary/aromatic N) is 2. The lowest BCUT2D eigenvalue weighted by atomic mass is 9.80. The second kappa shape index (κ2) is 8.22. The number of carbonyl (C=O) groups excluding carboxylic acids is 2. The molecule has 0 aromatic heterocycles. The lowest BCUT2D eigenvalue weighted by Gasteiger charge is -2.40. The zero-order chi connectivity index (χ0) is 21.1. The Bertz CT molecular complexity index is 773. The molecule has 2 rings (SSSR count). The van der Waals surface area contributed by atoms with E-state index in [1.807, 2.05) is 38.1 Å². The van der Waals surface area contributed by atoms with Crippen LogP contribution in [0.2, 0.25) is 0 Å². The summed E-state index contributed by atoms with van der Waals surface area (Å²) in [6.07, 6.45) is 0.619. The van der Waals surface area contributed by atoms with Gasteiger partial charge in [-0.3, -0.25) is 4.79 Å². The maximum absolute atomic E-state index is 12.9. The van der Waals surface area contributed by atoms with Gasteiger partial charge in [-0.2, -0.15) is 5.26 Å². The number of rotatable bonds is 4. The van der Waals surface area contributed by atoms with E-state index in [9.17, 15) is 14.9 Å². The van der Waals surface area contributed by atoms with Gasteiger partial charge < -0.3 is 9.47 Å². The zero-order valence-corrected chi connectivity index (χ0v) is 17.6. The van der Waals surface area contributed by atoms with Crippen molar-refractivity contribution in [2.45, 2.75) is 66.0 Å². The fourth-order valence-electron chi connectivity index (χ4n) is 3.34. The molecule has 1 heterocycles. The summed E-state index contributed by atoms with van der Waals surface area (Å²) < 4.78 is 11.4. The standard InChI is InChI=1S/C22H30N2O4/c1-15(25)24(20(26)28-21(2,3)4)19-16(11-12-22(5,6)14-23)13-27-18-10-8-7-9-17(18)19/h7-10,16,19H,11-13H2,1-6H3. The van der Waals surface area contributed by atoms with E-state index in [4.69, 9.17) is 9.47 Å². The van der Waals surface area contributed by atoms with Crippen LogP contribution in [0, 0.1) is 22.7 Å². The van der Waals surface area contributed by atoms with E-state index in [1.54, 1.807) is 20.8 Å². The van der Waals surface area contributed by atoms with Crippen molar-refractivity contribution in [3.63, 3.8) is 0 Å². The van der Waals surface area contributed by atoms with Gasteiger partial charge in [0.25, 0.3) is 0 Å². The number of para-hydroxylation sites is 1. The third-order valence-electron chi connectivity index (χ3n) is 4.79. The number of carbonyl (C=O) groups is 2. The molecule has 1 aliphatic heterocycles. The molecule has 0 N–H and O–H groups in total. The average molecular weight is 386 g/mol. The summed E-state index contributed by atoms with van der Waals surface area (Å²) in [4.78, 5) is 26.6. The molecule has 28 heavy (non-hydrogen) atoms. The molecule has 1 aliphatic rings. The average Bonchev–Trinajstić information content (AvgIpc) is 2.59. The number of fused-ring (bicyclic) bond motifs is 1. The Morgan fingerprint density at radius 2 is 1.89 bits per heavy atom. The highest BCUT2D eigenvalue weighted by atomic mass is 16.6. The van der Waals surface area contributed by atoms with Crippen LogP contribution in [-0.2, 0) is 9.53 Å². The van der Waals surface area contributed by atoms with E-state index < -0.39 is 23.2 Å². The van der Waals surface area contributed by atoms with Crippen molar-refractivity contribution in [2.75, 3.05) is 6.61 Å². The summed E-state index contributed by atoms with van der Waals surface area (Å²) >= 11 is 0. The third-order valence-corrected chi connectivity index (χ3v) is 4.79. The third kappa shape index (κ3) is 5.25. The second-order valence-electron chi connectivity index (χ2n) is 8.96. The SMILES string of the molecule is CC(=O)N(C(=O)OC(C)(C)C)C1c2ccccc2OCC1CCC(C)(C)C#N. The molecule has 2 unspecified atom stereocenters. The maximum atomic E-state index is 12.9. The highest BCUT2D eigenvalue weighted by Gasteiger charge is 2.41. The van der Waals surface area contributed by atoms with Gasteiger partial charge in [0, 0.05) is 18.4 Å². The molecule has 0 radical (unpaired) electrons. The molecule has 0 bridgehead atoms. The van der Waals surface area contributed by atoms with Gasteiger partial charge in [0.15, 0.2) is 0 Å². The quantitative estimate of drug-likeness (QED) is 0.739. The number of nitriles is 1. The summed E-state index contributed by atoms with van der Waals surface area (Å²) in [5.74, 6) is 0.164. The minimum absolute atomic E-state index is 0.126. The van der Waals surface area contributed by atoms with Crippen LogP contribution >= 0.6 is 0 Å². The van der Waals surface area contributed by atoms with Gasteiger partial charge in [0.2, 0.25) is 5.91 Å². The Labute approximate surface area is 167 Å². The highest BCUT2D eigenvalue weighted by Crippen LogP contribution is 2.43. The van der Waals surface area contributed by atoms with Crippen LogP contribution in [0.1, 0.15) is 66.0 Å². The number of imide groups is 1. The van der Waals surface area contributed by atoms with E-state index in [-0.39, 0.29) is 11.8 Å². The van der Waals surface area contributed by atoms with Gasteiger partial charge >= 0.3 is 6.09 Å². The normalized spacial score (nSPS) is 19.0. The Kier molecular flexibility index (Phi) is 6.38.